The molecule has 0 atom stereocenters. The first-order chi connectivity index (χ1) is 14.8. The normalized spacial score (nSPS) is 11.3. The maximum Gasteiger partial charge on any atom is 0.250 e. The molecule has 1 N–H and O–H groups in total. The molecule has 0 spiro atoms. The Morgan fingerprint density at radius 2 is 1.87 bits per heavy atom. The zero-order valence-corrected chi connectivity index (χ0v) is 22.0. The molecule has 0 fully saturated rings. The number of hydrogen-bond acceptors (Lipinski definition) is 3. The molecule has 162 valence electrons. The summed E-state index contributed by atoms with van der Waals surface area (Å²) >= 11 is 8.72. The van der Waals surface area contributed by atoms with Gasteiger partial charge in [0.15, 0.2) is 0 Å². The van der Waals surface area contributed by atoms with Crippen LogP contribution >= 0.6 is 43.6 Å². The van der Waals surface area contributed by atoms with Crippen molar-refractivity contribution in [1.29, 1.82) is 0 Å². The van der Waals surface area contributed by atoms with Crippen LogP contribution in [0, 0.1) is 27.7 Å². The fourth-order valence-electron chi connectivity index (χ4n) is 3.48. The number of aromatic nitrogens is 1. The molecule has 0 unspecified atom stereocenters. The minimum Gasteiger partial charge on any atom is -0.316 e. The smallest absolute Gasteiger partial charge is 0.250 e. The number of aryl methyl sites for hydroxylation is 2. The number of nitrogens with one attached hydrogen (secondary N) is 1. The first kappa shape index (κ1) is 23.8. The average Bonchev–Trinajstić information content (AvgIpc) is 2.92. The number of rotatable bonds is 7. The maximum absolute atomic E-state index is 12.2. The highest BCUT2D eigenvalue weighted by atomic mass is 79.9. The Balaban J connectivity index is 1.65. The van der Waals surface area contributed by atoms with Gasteiger partial charge in [0.05, 0.1) is 12.0 Å². The maximum atomic E-state index is 12.2. The van der Waals surface area contributed by atoms with Gasteiger partial charge in [-0.1, -0.05) is 45.8 Å². The fraction of sp³-hybridized carbons (Fsp3) is 0.250. The van der Waals surface area contributed by atoms with Gasteiger partial charge in [-0.25, -0.2) is 5.43 Å². The van der Waals surface area contributed by atoms with Crippen LogP contribution in [0.2, 0.25) is 0 Å². The Bertz CT molecular complexity index is 1140. The van der Waals surface area contributed by atoms with Crippen molar-refractivity contribution in [2.24, 2.45) is 5.10 Å². The molecule has 0 radical (unpaired) electrons. The van der Waals surface area contributed by atoms with Gasteiger partial charge in [-0.3, -0.25) is 4.79 Å². The van der Waals surface area contributed by atoms with Gasteiger partial charge in [-0.2, -0.15) is 5.10 Å². The molecule has 0 aliphatic carbocycles. The van der Waals surface area contributed by atoms with Crippen molar-refractivity contribution in [1.82, 2.24) is 9.99 Å². The highest BCUT2D eigenvalue weighted by Crippen LogP contribution is 2.31. The summed E-state index contributed by atoms with van der Waals surface area (Å²) in [4.78, 5) is 12.2. The molecule has 1 aromatic heterocycles. The lowest BCUT2D eigenvalue weighted by molar-refractivity contribution is -0.118. The summed E-state index contributed by atoms with van der Waals surface area (Å²) in [5, 5.41) is 4.20. The van der Waals surface area contributed by atoms with Crippen LogP contribution in [0.1, 0.15) is 33.6 Å². The van der Waals surface area contributed by atoms with Gasteiger partial charge in [0.1, 0.15) is 0 Å². The second kappa shape index (κ2) is 10.7. The van der Waals surface area contributed by atoms with Gasteiger partial charge in [0.2, 0.25) is 5.91 Å². The number of amides is 1. The van der Waals surface area contributed by atoms with Crippen molar-refractivity contribution in [2.45, 2.75) is 33.4 Å². The summed E-state index contributed by atoms with van der Waals surface area (Å²) < 4.78 is 4.24. The van der Waals surface area contributed by atoms with E-state index in [-0.39, 0.29) is 5.91 Å². The van der Waals surface area contributed by atoms with E-state index in [9.17, 15) is 4.79 Å². The van der Waals surface area contributed by atoms with Crippen molar-refractivity contribution in [3.8, 4) is 5.69 Å². The predicted molar refractivity (Wildman–Crippen MR) is 138 cm³/mol. The largest absolute Gasteiger partial charge is 0.316 e. The molecule has 1 heterocycles. The third kappa shape index (κ3) is 5.90. The van der Waals surface area contributed by atoms with Gasteiger partial charge in [0, 0.05) is 37.3 Å². The molecule has 4 nitrogen and oxygen atoms in total. The van der Waals surface area contributed by atoms with Crippen LogP contribution < -0.4 is 5.43 Å². The molecule has 0 bridgehead atoms. The number of carbonyl (C=O) groups excluding carboxylic acids is 1. The lowest BCUT2D eigenvalue weighted by atomic mass is 10.1. The molecule has 2 aromatic carbocycles. The van der Waals surface area contributed by atoms with Crippen LogP contribution in [0.4, 0.5) is 0 Å². The molecular weight excluding hydrogens is 538 g/mol. The Kier molecular flexibility index (Phi) is 8.19. The van der Waals surface area contributed by atoms with Crippen LogP contribution in [0.25, 0.3) is 5.69 Å². The molecule has 0 aliphatic rings. The van der Waals surface area contributed by atoms with E-state index in [1.54, 1.807) is 18.0 Å². The third-order valence-corrected chi connectivity index (χ3v) is 7.48. The van der Waals surface area contributed by atoms with Crippen LogP contribution in [-0.4, -0.2) is 22.4 Å². The van der Waals surface area contributed by atoms with E-state index in [1.807, 2.05) is 12.1 Å². The van der Waals surface area contributed by atoms with E-state index in [0.29, 0.717) is 5.75 Å². The minimum absolute atomic E-state index is 0.115. The molecule has 1 amide bonds. The summed E-state index contributed by atoms with van der Waals surface area (Å²) in [7, 11) is 0. The second-order valence-corrected chi connectivity index (χ2v) is 10.1. The molecule has 0 saturated heterocycles. The van der Waals surface area contributed by atoms with Gasteiger partial charge < -0.3 is 4.57 Å². The molecule has 3 aromatic rings. The Hall–Kier alpha value is -1.83. The quantitative estimate of drug-likeness (QED) is 0.260. The van der Waals surface area contributed by atoms with E-state index in [2.05, 4.69) is 105 Å². The van der Waals surface area contributed by atoms with E-state index >= 15 is 0 Å². The van der Waals surface area contributed by atoms with Gasteiger partial charge in [0.25, 0.3) is 0 Å². The van der Waals surface area contributed by atoms with E-state index < -0.39 is 0 Å². The van der Waals surface area contributed by atoms with Crippen molar-refractivity contribution < 1.29 is 4.79 Å². The third-order valence-electron chi connectivity index (χ3n) is 4.98. The van der Waals surface area contributed by atoms with Crippen molar-refractivity contribution >= 4 is 55.7 Å². The lowest BCUT2D eigenvalue weighted by Crippen LogP contribution is -2.19. The molecule has 0 saturated carbocycles. The zero-order chi connectivity index (χ0) is 22.5. The number of hydrazone groups is 1. The molecular formula is C24H25Br2N3OS. The average molecular weight is 563 g/mol. The van der Waals surface area contributed by atoms with E-state index in [4.69, 9.17) is 0 Å². The second-order valence-electron chi connectivity index (χ2n) is 7.44. The van der Waals surface area contributed by atoms with E-state index in [1.165, 1.54) is 16.7 Å². The summed E-state index contributed by atoms with van der Waals surface area (Å²) in [6.45, 7) is 8.35. The Labute approximate surface area is 204 Å². The molecule has 0 aliphatic heterocycles. The Morgan fingerprint density at radius 3 is 2.58 bits per heavy atom. The summed E-state index contributed by atoms with van der Waals surface area (Å²) in [5.41, 5.74) is 10.5. The monoisotopic (exact) mass is 561 g/mol. The first-order valence-corrected chi connectivity index (χ1v) is 12.6. The van der Waals surface area contributed by atoms with Crippen molar-refractivity contribution in [2.75, 3.05) is 5.75 Å². The number of hydrogen-bond donors (Lipinski definition) is 1. The van der Waals surface area contributed by atoms with Gasteiger partial charge in [-0.05, 0) is 73.0 Å². The summed E-state index contributed by atoms with van der Waals surface area (Å²) in [5.74, 6) is 1.02. The van der Waals surface area contributed by atoms with Gasteiger partial charge >= 0.3 is 0 Å². The number of carbonyl (C=O) groups is 1. The van der Waals surface area contributed by atoms with E-state index in [0.717, 1.165) is 37.3 Å². The highest BCUT2D eigenvalue weighted by molar-refractivity contribution is 9.10. The summed E-state index contributed by atoms with van der Waals surface area (Å²) in [6.07, 6.45) is 1.71. The molecule has 31 heavy (non-hydrogen) atoms. The molecule has 3 rings (SSSR count). The number of benzene rings is 2. The minimum atomic E-state index is -0.115. The first-order valence-electron chi connectivity index (χ1n) is 9.87. The summed E-state index contributed by atoms with van der Waals surface area (Å²) in [6, 6.07) is 14.5. The Morgan fingerprint density at radius 1 is 1.10 bits per heavy atom. The van der Waals surface area contributed by atoms with Crippen molar-refractivity contribution in [3.05, 3.63) is 85.1 Å². The fourth-order valence-corrected chi connectivity index (χ4v) is 5.26. The van der Waals surface area contributed by atoms with Gasteiger partial charge in [-0.15, -0.1) is 11.8 Å². The van der Waals surface area contributed by atoms with Crippen LogP contribution in [0.5, 0.6) is 0 Å². The highest BCUT2D eigenvalue weighted by Gasteiger charge is 2.17. The molecule has 7 heteroatoms. The van der Waals surface area contributed by atoms with Crippen molar-refractivity contribution in [3.63, 3.8) is 0 Å². The van der Waals surface area contributed by atoms with Crippen LogP contribution in [0.15, 0.2) is 56.5 Å². The zero-order valence-electron chi connectivity index (χ0n) is 18.0. The lowest BCUT2D eigenvalue weighted by Gasteiger charge is -2.13. The SMILES string of the molecule is Cc1ccc(-n2c(C)c(Br)c(/C=N\NC(=O)CSCc3cccc(Br)c3)c2C)c(C)c1. The standard InChI is InChI=1S/C24H25Br2N3OS/c1-15-8-9-22(16(2)10-15)29-17(3)21(24(26)18(29)4)12-27-28-23(30)14-31-13-19-6-5-7-20(25)11-19/h5-12H,13-14H2,1-4H3,(H,28,30)/b27-12-. The number of nitrogens with zero attached hydrogens (tertiary/aromatic N) is 2. The predicted octanol–water partition coefficient (Wildman–Crippen LogP) is 6.62. The topological polar surface area (TPSA) is 46.4 Å². The number of thioether (sulfide) groups is 1. The van der Waals surface area contributed by atoms with Crippen LogP contribution in [0.3, 0.4) is 0 Å². The number of halogens is 2. The van der Waals surface area contributed by atoms with Crippen LogP contribution in [-0.2, 0) is 10.5 Å².